The van der Waals surface area contributed by atoms with Gasteiger partial charge in [0.15, 0.2) is 5.82 Å². The number of aromatic nitrogens is 2. The second kappa shape index (κ2) is 9.28. The van der Waals surface area contributed by atoms with Gasteiger partial charge in [-0.15, -0.1) is 0 Å². The van der Waals surface area contributed by atoms with Gasteiger partial charge in [0.05, 0.1) is 19.2 Å². The van der Waals surface area contributed by atoms with Crippen LogP contribution in [0.4, 0.5) is 0 Å². The first-order valence-corrected chi connectivity index (χ1v) is 10.7. The number of nitrogens with one attached hydrogen (secondary N) is 1. The molecule has 1 aliphatic carbocycles. The molecule has 8 nitrogen and oxygen atoms in total. The van der Waals surface area contributed by atoms with Gasteiger partial charge in [-0.3, -0.25) is 4.79 Å². The third-order valence-corrected chi connectivity index (χ3v) is 5.30. The van der Waals surface area contributed by atoms with Crippen LogP contribution in [0.2, 0.25) is 0 Å². The Kier molecular flexibility index (Phi) is 7.37. The van der Waals surface area contributed by atoms with Gasteiger partial charge in [0.2, 0.25) is 15.9 Å². The van der Waals surface area contributed by atoms with Crippen LogP contribution in [0.3, 0.4) is 0 Å². The summed E-state index contributed by atoms with van der Waals surface area (Å²) < 4.78 is 29.7. The lowest BCUT2D eigenvalue weighted by Gasteiger charge is -2.21. The number of sulfonamides is 1. The molecule has 0 spiro atoms. The van der Waals surface area contributed by atoms with Gasteiger partial charge in [-0.2, -0.15) is 4.98 Å². The molecule has 1 aliphatic rings. The molecule has 9 heteroatoms. The van der Waals surface area contributed by atoms with Crippen LogP contribution in [0.15, 0.2) is 4.52 Å². The molecular weight excluding hydrogens is 346 g/mol. The Bertz CT molecular complexity index is 652. The van der Waals surface area contributed by atoms with Crippen LogP contribution < -0.4 is 4.72 Å². The summed E-state index contributed by atoms with van der Waals surface area (Å²) in [6, 6.07) is 0. The van der Waals surface area contributed by atoms with Gasteiger partial charge in [0.25, 0.3) is 0 Å². The van der Waals surface area contributed by atoms with Crippen molar-refractivity contribution < 1.29 is 22.8 Å². The van der Waals surface area contributed by atoms with Crippen LogP contribution in [0.25, 0.3) is 0 Å². The second-order valence-corrected chi connectivity index (χ2v) is 8.70. The average molecular weight is 373 g/mol. The first-order valence-electron chi connectivity index (χ1n) is 8.82. The maximum absolute atomic E-state index is 11.1. The van der Waals surface area contributed by atoms with E-state index in [1.54, 1.807) is 0 Å². The maximum Gasteiger partial charge on any atom is 0.304 e. The molecule has 1 fully saturated rings. The van der Waals surface area contributed by atoms with E-state index in [1.165, 1.54) is 32.1 Å². The van der Waals surface area contributed by atoms with Crippen molar-refractivity contribution in [1.29, 1.82) is 0 Å². The molecule has 0 radical (unpaired) electrons. The topological polar surface area (TPSA) is 122 Å². The average Bonchev–Trinajstić information content (AvgIpc) is 3.01. The molecule has 1 aromatic rings. The highest BCUT2D eigenvalue weighted by atomic mass is 32.2. The van der Waals surface area contributed by atoms with E-state index >= 15 is 0 Å². The van der Waals surface area contributed by atoms with Crippen molar-refractivity contribution in [3.8, 4) is 0 Å². The molecule has 1 saturated carbocycles. The Morgan fingerprint density at radius 2 is 2.08 bits per heavy atom. The normalized spacial score (nSPS) is 17.5. The predicted octanol–water partition coefficient (Wildman–Crippen LogP) is 2.43. The molecule has 2 N–H and O–H groups in total. The molecule has 1 heterocycles. The van der Waals surface area contributed by atoms with Gasteiger partial charge >= 0.3 is 5.97 Å². The van der Waals surface area contributed by atoms with Crippen LogP contribution in [0, 0.1) is 5.92 Å². The fourth-order valence-electron chi connectivity index (χ4n) is 3.35. The van der Waals surface area contributed by atoms with Gasteiger partial charge < -0.3 is 9.63 Å². The van der Waals surface area contributed by atoms with E-state index in [1.807, 2.05) is 0 Å². The molecule has 142 valence electrons. The zero-order valence-corrected chi connectivity index (χ0v) is 15.4. The number of hydrogen-bond acceptors (Lipinski definition) is 6. The molecule has 2 rings (SSSR count). The third-order valence-electron chi connectivity index (χ3n) is 4.64. The molecule has 1 atom stereocenters. The number of carbonyl (C=O) groups is 1. The summed E-state index contributed by atoms with van der Waals surface area (Å²) in [6.45, 7) is -0.0653. The summed E-state index contributed by atoms with van der Waals surface area (Å²) in [7, 11) is -3.34. The highest BCUT2D eigenvalue weighted by Crippen LogP contribution is 2.31. The maximum atomic E-state index is 11.1. The Balaban J connectivity index is 1.89. The fraction of sp³-hybridized carbons (Fsp3) is 0.812. The van der Waals surface area contributed by atoms with Crippen molar-refractivity contribution in [1.82, 2.24) is 14.9 Å². The van der Waals surface area contributed by atoms with Crippen LogP contribution in [-0.2, 0) is 21.4 Å². The molecule has 1 aromatic heterocycles. The Labute approximate surface area is 148 Å². The zero-order chi connectivity index (χ0) is 18.3. The third kappa shape index (κ3) is 7.52. The summed E-state index contributed by atoms with van der Waals surface area (Å²) in [5.74, 6) is -0.00636. The largest absolute Gasteiger partial charge is 0.481 e. The van der Waals surface area contributed by atoms with Gasteiger partial charge in [-0.05, 0) is 12.3 Å². The van der Waals surface area contributed by atoms with E-state index < -0.39 is 16.0 Å². The first-order chi connectivity index (χ1) is 11.8. The lowest BCUT2D eigenvalue weighted by molar-refractivity contribution is -0.137. The van der Waals surface area contributed by atoms with Gasteiger partial charge in [0.1, 0.15) is 0 Å². The summed E-state index contributed by atoms with van der Waals surface area (Å²) in [5.41, 5.74) is 0. The molecule has 0 amide bonds. The van der Waals surface area contributed by atoms with Gasteiger partial charge in [-0.25, -0.2) is 13.1 Å². The van der Waals surface area contributed by atoms with Crippen molar-refractivity contribution in [3.63, 3.8) is 0 Å². The highest BCUT2D eigenvalue weighted by molar-refractivity contribution is 7.88. The Morgan fingerprint density at radius 3 is 2.72 bits per heavy atom. The molecule has 0 bridgehead atoms. The standard InChI is InChI=1S/C16H27N3O5S/c1-25(22,23)17-11-14-18-16(24-19-14)13(10-15(20)21)9-5-8-12-6-3-2-4-7-12/h12-13,17H,2-11H2,1H3,(H,20,21). The summed E-state index contributed by atoms with van der Waals surface area (Å²) in [5, 5.41) is 12.9. The van der Waals surface area contributed by atoms with Crippen molar-refractivity contribution >= 4 is 16.0 Å². The predicted molar refractivity (Wildman–Crippen MR) is 91.4 cm³/mol. The summed E-state index contributed by atoms with van der Waals surface area (Å²) >= 11 is 0. The van der Waals surface area contributed by atoms with E-state index in [-0.39, 0.29) is 30.6 Å². The Hall–Kier alpha value is -1.48. The number of hydrogen-bond donors (Lipinski definition) is 2. The van der Waals surface area contributed by atoms with Crippen LogP contribution in [0.5, 0.6) is 0 Å². The van der Waals surface area contributed by atoms with E-state index in [4.69, 9.17) is 9.63 Å². The van der Waals surface area contributed by atoms with Crippen molar-refractivity contribution in [2.45, 2.75) is 70.3 Å². The summed E-state index contributed by atoms with van der Waals surface area (Å²) in [4.78, 5) is 15.3. The number of aliphatic carboxylic acids is 1. The molecular formula is C16H27N3O5S. The lowest BCUT2D eigenvalue weighted by Crippen LogP contribution is -2.21. The fourth-order valence-corrected chi connectivity index (χ4v) is 3.74. The quantitative estimate of drug-likeness (QED) is 0.645. The SMILES string of the molecule is CS(=O)(=O)NCc1noc(C(CCCC2CCCCC2)CC(=O)O)n1. The minimum absolute atomic E-state index is 0.0637. The van der Waals surface area contributed by atoms with Gasteiger partial charge in [0, 0.05) is 5.92 Å². The van der Waals surface area contributed by atoms with E-state index in [9.17, 15) is 13.2 Å². The number of nitrogens with zero attached hydrogens (tertiary/aromatic N) is 2. The van der Waals surface area contributed by atoms with Crippen molar-refractivity contribution in [2.24, 2.45) is 5.92 Å². The van der Waals surface area contributed by atoms with E-state index in [0.717, 1.165) is 25.0 Å². The number of carboxylic acid groups (broad SMARTS) is 1. The minimum atomic E-state index is -3.34. The number of rotatable bonds is 10. The van der Waals surface area contributed by atoms with E-state index in [2.05, 4.69) is 14.9 Å². The Morgan fingerprint density at radius 1 is 1.36 bits per heavy atom. The molecule has 0 aromatic carbocycles. The first kappa shape index (κ1) is 19.8. The van der Waals surface area contributed by atoms with Crippen LogP contribution in [-0.4, -0.2) is 35.9 Å². The molecule has 1 unspecified atom stereocenters. The zero-order valence-electron chi connectivity index (χ0n) is 14.6. The summed E-state index contributed by atoms with van der Waals surface area (Å²) in [6.07, 6.45) is 10.2. The molecule has 0 aliphatic heterocycles. The second-order valence-electron chi connectivity index (χ2n) is 6.87. The van der Waals surface area contributed by atoms with Crippen molar-refractivity contribution in [3.05, 3.63) is 11.7 Å². The molecule has 25 heavy (non-hydrogen) atoms. The van der Waals surface area contributed by atoms with Crippen molar-refractivity contribution in [2.75, 3.05) is 6.26 Å². The van der Waals surface area contributed by atoms with E-state index in [0.29, 0.717) is 6.42 Å². The van der Waals surface area contributed by atoms with Crippen LogP contribution in [0.1, 0.15) is 75.4 Å². The monoisotopic (exact) mass is 373 g/mol. The smallest absolute Gasteiger partial charge is 0.304 e. The van der Waals surface area contributed by atoms with Gasteiger partial charge in [-0.1, -0.05) is 50.1 Å². The highest BCUT2D eigenvalue weighted by Gasteiger charge is 2.23. The minimum Gasteiger partial charge on any atom is -0.481 e. The lowest BCUT2D eigenvalue weighted by atomic mass is 9.84. The number of carboxylic acids is 1. The molecule has 0 saturated heterocycles. The van der Waals surface area contributed by atoms with Crippen LogP contribution >= 0.6 is 0 Å².